The quantitative estimate of drug-likeness (QED) is 0.546. The summed E-state index contributed by atoms with van der Waals surface area (Å²) in [5, 5.41) is 13.6. The normalized spacial score (nSPS) is 15.8. The molecule has 26 heavy (non-hydrogen) atoms. The van der Waals surface area contributed by atoms with Crippen molar-refractivity contribution in [1.82, 2.24) is 0 Å². The van der Waals surface area contributed by atoms with Gasteiger partial charge >= 0.3 is 0 Å². The summed E-state index contributed by atoms with van der Waals surface area (Å²) in [5.74, 6) is 0.267. The number of anilines is 1. The zero-order valence-electron chi connectivity index (χ0n) is 13.8. The molecule has 0 saturated heterocycles. The molecule has 0 aliphatic carbocycles. The highest BCUT2D eigenvalue weighted by atomic mass is 16.3. The molecular formula is C22H15NO3. The molecule has 4 heteroatoms. The number of hydrogen-bond donors (Lipinski definition) is 2. The molecule has 1 amide bonds. The zero-order chi connectivity index (χ0) is 17.7. The highest BCUT2D eigenvalue weighted by Gasteiger charge is 2.36. The van der Waals surface area contributed by atoms with E-state index < -0.39 is 5.92 Å². The Balaban J connectivity index is 1.83. The minimum Gasteiger partial charge on any atom is -0.508 e. The van der Waals surface area contributed by atoms with Crippen molar-refractivity contribution in [3.8, 4) is 17.1 Å². The first-order valence-corrected chi connectivity index (χ1v) is 8.43. The van der Waals surface area contributed by atoms with Crippen LogP contribution in [0.15, 0.2) is 77.2 Å². The largest absolute Gasteiger partial charge is 0.508 e. The number of benzene rings is 3. The third-order valence-corrected chi connectivity index (χ3v) is 4.83. The Bertz CT molecular complexity index is 1140. The molecule has 1 aliphatic rings. The molecule has 0 spiro atoms. The smallest absolute Gasteiger partial charge is 0.236 e. The second-order valence-electron chi connectivity index (χ2n) is 6.40. The molecule has 0 saturated carbocycles. The van der Waals surface area contributed by atoms with Crippen LogP contribution in [0.25, 0.3) is 22.3 Å². The standard InChI is InChI=1S/C22H15NO3/c24-14-10-11-16-18(12-14)26-21(13-6-2-1-3-7-13)19(16)20-15-8-4-5-9-17(15)23-22(20)25/h1-12,20,24H,(H,23,25). The molecule has 4 aromatic rings. The topological polar surface area (TPSA) is 62.5 Å². The van der Waals surface area contributed by atoms with Crippen LogP contribution in [-0.2, 0) is 4.79 Å². The molecule has 0 bridgehead atoms. The Morgan fingerprint density at radius 1 is 0.923 bits per heavy atom. The molecule has 0 fully saturated rings. The number of phenolic OH excluding ortho intramolecular Hbond substituents is 1. The molecule has 4 nitrogen and oxygen atoms in total. The first kappa shape index (κ1) is 14.8. The van der Waals surface area contributed by atoms with Crippen LogP contribution in [0.1, 0.15) is 17.0 Å². The van der Waals surface area contributed by atoms with Crippen LogP contribution in [0.4, 0.5) is 5.69 Å². The monoisotopic (exact) mass is 341 g/mol. The van der Waals surface area contributed by atoms with Crippen molar-refractivity contribution >= 4 is 22.6 Å². The molecule has 1 aliphatic heterocycles. The Morgan fingerprint density at radius 2 is 1.69 bits per heavy atom. The highest BCUT2D eigenvalue weighted by Crippen LogP contribution is 2.46. The van der Waals surface area contributed by atoms with Crippen molar-refractivity contribution in [3.63, 3.8) is 0 Å². The Hall–Kier alpha value is -3.53. The molecule has 1 aromatic heterocycles. The number of aromatic hydroxyl groups is 1. The lowest BCUT2D eigenvalue weighted by atomic mass is 9.88. The van der Waals surface area contributed by atoms with Crippen LogP contribution < -0.4 is 5.32 Å². The van der Waals surface area contributed by atoms with E-state index in [0.717, 1.165) is 27.8 Å². The van der Waals surface area contributed by atoms with E-state index in [1.807, 2.05) is 60.7 Å². The predicted molar refractivity (Wildman–Crippen MR) is 100 cm³/mol. The maximum atomic E-state index is 12.8. The van der Waals surface area contributed by atoms with Crippen molar-refractivity contribution in [3.05, 3.63) is 83.9 Å². The van der Waals surface area contributed by atoms with Crippen molar-refractivity contribution in [2.24, 2.45) is 0 Å². The average Bonchev–Trinajstić information content (AvgIpc) is 3.18. The number of para-hydroxylation sites is 1. The van der Waals surface area contributed by atoms with E-state index in [0.29, 0.717) is 11.3 Å². The molecule has 2 N–H and O–H groups in total. The van der Waals surface area contributed by atoms with E-state index in [1.54, 1.807) is 12.1 Å². The van der Waals surface area contributed by atoms with E-state index in [4.69, 9.17) is 4.42 Å². The molecule has 3 aromatic carbocycles. The van der Waals surface area contributed by atoms with Gasteiger partial charge in [0, 0.05) is 28.3 Å². The summed E-state index contributed by atoms with van der Waals surface area (Å²) in [4.78, 5) is 12.8. The molecule has 1 atom stereocenters. The molecular weight excluding hydrogens is 326 g/mol. The number of hydrogen-bond acceptors (Lipinski definition) is 3. The predicted octanol–water partition coefficient (Wildman–Crippen LogP) is 4.89. The lowest BCUT2D eigenvalue weighted by molar-refractivity contribution is -0.116. The van der Waals surface area contributed by atoms with Crippen LogP contribution in [-0.4, -0.2) is 11.0 Å². The number of rotatable bonds is 2. The summed E-state index contributed by atoms with van der Waals surface area (Å²) in [7, 11) is 0. The number of carbonyl (C=O) groups is 1. The number of carbonyl (C=O) groups excluding carboxylic acids is 1. The molecule has 0 radical (unpaired) electrons. The minimum absolute atomic E-state index is 0.0702. The van der Waals surface area contributed by atoms with Gasteiger partial charge in [0.15, 0.2) is 0 Å². The summed E-state index contributed by atoms with van der Waals surface area (Å²) >= 11 is 0. The van der Waals surface area contributed by atoms with Crippen molar-refractivity contribution in [1.29, 1.82) is 0 Å². The van der Waals surface area contributed by atoms with Gasteiger partial charge in [-0.3, -0.25) is 4.79 Å². The molecule has 2 heterocycles. The van der Waals surface area contributed by atoms with E-state index >= 15 is 0 Å². The maximum absolute atomic E-state index is 12.8. The number of phenols is 1. The van der Waals surface area contributed by atoms with E-state index in [2.05, 4.69) is 5.32 Å². The van der Waals surface area contributed by atoms with Gasteiger partial charge in [0.1, 0.15) is 17.1 Å². The van der Waals surface area contributed by atoms with Gasteiger partial charge in [-0.15, -0.1) is 0 Å². The van der Waals surface area contributed by atoms with Crippen LogP contribution >= 0.6 is 0 Å². The van der Waals surface area contributed by atoms with Gasteiger partial charge < -0.3 is 14.8 Å². The van der Waals surface area contributed by atoms with Gasteiger partial charge in [-0.2, -0.15) is 0 Å². The number of furan rings is 1. The van der Waals surface area contributed by atoms with Crippen molar-refractivity contribution < 1.29 is 14.3 Å². The average molecular weight is 341 g/mol. The first-order chi connectivity index (χ1) is 12.7. The fraction of sp³-hybridized carbons (Fsp3) is 0.0455. The third-order valence-electron chi connectivity index (χ3n) is 4.83. The van der Waals surface area contributed by atoms with Crippen LogP contribution in [0.5, 0.6) is 5.75 Å². The van der Waals surface area contributed by atoms with Gasteiger partial charge in [0.25, 0.3) is 0 Å². The molecule has 5 rings (SSSR count). The Kier molecular flexibility index (Phi) is 3.12. The maximum Gasteiger partial charge on any atom is 0.236 e. The Morgan fingerprint density at radius 3 is 2.54 bits per heavy atom. The van der Waals surface area contributed by atoms with Crippen LogP contribution in [0.2, 0.25) is 0 Å². The second-order valence-corrected chi connectivity index (χ2v) is 6.40. The number of fused-ring (bicyclic) bond motifs is 2. The lowest BCUT2D eigenvalue weighted by Gasteiger charge is -2.10. The summed E-state index contributed by atoms with van der Waals surface area (Å²) in [6, 6.07) is 22.5. The van der Waals surface area contributed by atoms with Crippen LogP contribution in [0.3, 0.4) is 0 Å². The highest BCUT2D eigenvalue weighted by molar-refractivity contribution is 6.08. The minimum atomic E-state index is -0.452. The van der Waals surface area contributed by atoms with Gasteiger partial charge in [0.2, 0.25) is 5.91 Å². The Labute approximate surface area is 149 Å². The first-order valence-electron chi connectivity index (χ1n) is 8.43. The van der Waals surface area contributed by atoms with Gasteiger partial charge in [-0.25, -0.2) is 0 Å². The van der Waals surface area contributed by atoms with Crippen LogP contribution in [0, 0.1) is 0 Å². The third kappa shape index (κ3) is 2.12. The fourth-order valence-electron chi connectivity index (χ4n) is 3.69. The van der Waals surface area contributed by atoms with E-state index in [-0.39, 0.29) is 11.7 Å². The van der Waals surface area contributed by atoms with Crippen molar-refractivity contribution in [2.45, 2.75) is 5.92 Å². The fourth-order valence-corrected chi connectivity index (χ4v) is 3.69. The van der Waals surface area contributed by atoms with Crippen molar-refractivity contribution in [2.75, 3.05) is 5.32 Å². The zero-order valence-corrected chi connectivity index (χ0v) is 13.8. The molecule has 1 unspecified atom stereocenters. The van der Waals surface area contributed by atoms with E-state index in [1.165, 1.54) is 0 Å². The second kappa shape index (κ2) is 5.49. The molecule has 126 valence electrons. The summed E-state index contributed by atoms with van der Waals surface area (Å²) in [5.41, 5.74) is 4.06. The SMILES string of the molecule is O=C1Nc2ccccc2C1c1c(-c2ccccc2)oc2cc(O)ccc12. The van der Waals surface area contributed by atoms with E-state index in [9.17, 15) is 9.90 Å². The van der Waals surface area contributed by atoms with Gasteiger partial charge in [-0.05, 0) is 23.8 Å². The van der Waals surface area contributed by atoms with Gasteiger partial charge in [-0.1, -0.05) is 48.5 Å². The number of nitrogens with one attached hydrogen (secondary N) is 1. The number of amides is 1. The van der Waals surface area contributed by atoms with Gasteiger partial charge in [0.05, 0.1) is 5.92 Å². The summed E-state index contributed by atoms with van der Waals surface area (Å²) in [6.45, 7) is 0. The lowest BCUT2D eigenvalue weighted by Crippen LogP contribution is -2.13. The summed E-state index contributed by atoms with van der Waals surface area (Å²) in [6.07, 6.45) is 0. The summed E-state index contributed by atoms with van der Waals surface area (Å²) < 4.78 is 6.10.